The first-order valence-corrected chi connectivity index (χ1v) is 13.0. The zero-order chi connectivity index (χ0) is 26.6. The molecular formula is C29H37NO7. The number of fused-ring (bicyclic) bond motifs is 1. The van der Waals surface area contributed by atoms with E-state index in [1.165, 1.54) is 63.6 Å². The van der Waals surface area contributed by atoms with Crippen molar-refractivity contribution in [2.24, 2.45) is 5.92 Å². The van der Waals surface area contributed by atoms with Crippen molar-refractivity contribution in [1.29, 1.82) is 0 Å². The summed E-state index contributed by atoms with van der Waals surface area (Å²) >= 11 is 0. The molecule has 37 heavy (non-hydrogen) atoms. The molecule has 0 amide bonds. The standard InChI is InChI=1S/C25H31NO.C4H6O6/c1-27-21-11-10-20-17-24-22-9-5-6-13-25(22,23(20)18-21)14-16-26(24)15-12-19-7-3-2-4-8-19;5-1(3(7)8)2(6)4(9)10/h2-4,7-8,10-11,18,22,24H,5-6,9,12-17H2,1H3;1-2,5-6H,(H,7,8)(H,9,10)/t22-,24+,25+;/m0./s1. The van der Waals surface area contributed by atoms with Crippen molar-refractivity contribution in [2.45, 2.75) is 68.6 Å². The number of hydrogen-bond donors (Lipinski definition) is 4. The molecule has 2 aliphatic carbocycles. The van der Waals surface area contributed by atoms with Crippen LogP contribution in [0.25, 0.3) is 0 Å². The Hall–Kier alpha value is -2.94. The third kappa shape index (κ3) is 5.66. The molecule has 8 nitrogen and oxygen atoms in total. The smallest absolute Gasteiger partial charge is 0.335 e. The average molecular weight is 512 g/mol. The molecule has 1 aliphatic heterocycles. The second kappa shape index (κ2) is 11.6. The van der Waals surface area contributed by atoms with E-state index >= 15 is 0 Å². The van der Waals surface area contributed by atoms with E-state index in [4.69, 9.17) is 25.2 Å². The van der Waals surface area contributed by atoms with Gasteiger partial charge in [-0.25, -0.2) is 9.59 Å². The fourth-order valence-corrected chi connectivity index (χ4v) is 6.66. The molecule has 0 radical (unpaired) electrons. The number of benzene rings is 2. The first-order valence-electron chi connectivity index (χ1n) is 13.0. The molecule has 8 heteroatoms. The summed E-state index contributed by atoms with van der Waals surface area (Å²) in [6.07, 6.45) is 4.77. The van der Waals surface area contributed by atoms with Crippen molar-refractivity contribution >= 4 is 11.9 Å². The number of aliphatic hydroxyl groups is 2. The van der Waals surface area contributed by atoms with Crippen LogP contribution in [0.1, 0.15) is 48.8 Å². The highest BCUT2D eigenvalue weighted by Crippen LogP contribution is 2.56. The zero-order valence-electron chi connectivity index (χ0n) is 21.3. The Bertz CT molecular complexity index is 1070. The summed E-state index contributed by atoms with van der Waals surface area (Å²) in [5.41, 5.74) is 5.10. The molecule has 0 spiro atoms. The maximum absolute atomic E-state index is 9.77. The SMILES string of the molecule is COc1ccc2c(c1)[C@@]13CCCC[C@H]1[C@@H](C2)N(CCc1ccccc1)CC3.O=C(O)C(O)C(O)C(=O)O. The molecule has 2 aromatic carbocycles. The van der Waals surface area contributed by atoms with Gasteiger partial charge in [-0.1, -0.05) is 49.2 Å². The third-order valence-corrected chi connectivity index (χ3v) is 8.49. The second-order valence-corrected chi connectivity index (χ2v) is 10.4. The van der Waals surface area contributed by atoms with Crippen molar-refractivity contribution < 1.29 is 34.8 Å². The van der Waals surface area contributed by atoms with Crippen LogP contribution in [0.4, 0.5) is 0 Å². The number of aliphatic carboxylic acids is 2. The van der Waals surface area contributed by atoms with E-state index in [1.807, 2.05) is 0 Å². The Morgan fingerprint density at radius 1 is 1.03 bits per heavy atom. The summed E-state index contributed by atoms with van der Waals surface area (Å²) in [5, 5.41) is 32.5. The van der Waals surface area contributed by atoms with Crippen molar-refractivity contribution in [3.8, 4) is 5.75 Å². The van der Waals surface area contributed by atoms with Crippen molar-refractivity contribution in [2.75, 3.05) is 20.2 Å². The number of methoxy groups -OCH3 is 1. The molecule has 4 N–H and O–H groups in total. The van der Waals surface area contributed by atoms with Gasteiger partial charge in [0.1, 0.15) is 5.75 Å². The van der Waals surface area contributed by atoms with Crippen LogP contribution in [0, 0.1) is 5.92 Å². The van der Waals surface area contributed by atoms with Gasteiger partial charge in [-0.3, -0.25) is 4.90 Å². The number of ether oxygens (including phenoxy) is 1. The lowest BCUT2D eigenvalue weighted by Crippen LogP contribution is -2.61. The van der Waals surface area contributed by atoms with Crippen molar-refractivity contribution in [1.82, 2.24) is 4.90 Å². The summed E-state index contributed by atoms with van der Waals surface area (Å²) < 4.78 is 5.59. The molecule has 2 fully saturated rings. The molecule has 2 aromatic rings. The van der Waals surface area contributed by atoms with E-state index in [-0.39, 0.29) is 0 Å². The first kappa shape index (κ1) is 27.1. The van der Waals surface area contributed by atoms with Gasteiger partial charge in [0.15, 0.2) is 12.2 Å². The molecule has 3 aliphatic rings. The van der Waals surface area contributed by atoms with Gasteiger partial charge in [-0.15, -0.1) is 0 Å². The Kier molecular flexibility index (Phi) is 8.52. The molecular weight excluding hydrogens is 474 g/mol. The minimum Gasteiger partial charge on any atom is -0.497 e. The van der Waals surface area contributed by atoms with Crippen LogP contribution in [0.2, 0.25) is 0 Å². The fourth-order valence-electron chi connectivity index (χ4n) is 6.66. The highest BCUT2D eigenvalue weighted by Gasteiger charge is 2.53. The van der Waals surface area contributed by atoms with E-state index in [9.17, 15) is 9.59 Å². The second-order valence-electron chi connectivity index (χ2n) is 10.4. The minimum atomic E-state index is -2.27. The number of carbonyl (C=O) groups is 2. The van der Waals surface area contributed by atoms with Crippen LogP contribution in [0.5, 0.6) is 5.75 Å². The van der Waals surface area contributed by atoms with Gasteiger partial charge in [-0.05, 0) is 73.4 Å². The van der Waals surface area contributed by atoms with E-state index in [0.717, 1.165) is 17.7 Å². The van der Waals surface area contributed by atoms with Gasteiger partial charge in [-0.2, -0.15) is 0 Å². The Labute approximate surface area is 217 Å². The normalized spacial score (nSPS) is 25.9. The molecule has 5 atom stereocenters. The van der Waals surface area contributed by atoms with Gasteiger partial charge >= 0.3 is 11.9 Å². The summed E-state index contributed by atoms with van der Waals surface area (Å²) in [6, 6.07) is 18.6. The Balaban J connectivity index is 0.000000275. The molecule has 1 saturated heterocycles. The highest BCUT2D eigenvalue weighted by atomic mass is 16.5. The van der Waals surface area contributed by atoms with E-state index in [1.54, 1.807) is 18.2 Å². The van der Waals surface area contributed by atoms with E-state index in [2.05, 4.69) is 53.4 Å². The quantitative estimate of drug-likeness (QED) is 0.447. The molecule has 1 saturated carbocycles. The van der Waals surface area contributed by atoms with Crippen LogP contribution in [0.15, 0.2) is 48.5 Å². The van der Waals surface area contributed by atoms with Crippen molar-refractivity contribution in [3.63, 3.8) is 0 Å². The summed E-state index contributed by atoms with van der Waals surface area (Å²) in [7, 11) is 1.80. The predicted octanol–water partition coefficient (Wildman–Crippen LogP) is 2.87. The molecule has 2 unspecified atom stereocenters. The number of piperidine rings is 1. The van der Waals surface area contributed by atoms with Crippen molar-refractivity contribution in [3.05, 3.63) is 65.2 Å². The minimum absolute atomic E-state index is 0.411. The van der Waals surface area contributed by atoms with E-state index in [0.29, 0.717) is 5.41 Å². The lowest BCUT2D eigenvalue weighted by atomic mass is 9.52. The average Bonchev–Trinajstić information content (AvgIpc) is 2.92. The van der Waals surface area contributed by atoms with Gasteiger partial charge in [0, 0.05) is 18.0 Å². The predicted molar refractivity (Wildman–Crippen MR) is 138 cm³/mol. The number of rotatable bonds is 7. The number of carboxylic acid groups (broad SMARTS) is 2. The maximum Gasteiger partial charge on any atom is 0.335 e. The number of hydrogen-bond acceptors (Lipinski definition) is 6. The number of carboxylic acids is 2. The van der Waals surface area contributed by atoms with Gasteiger partial charge in [0.2, 0.25) is 0 Å². The van der Waals surface area contributed by atoms with Crippen LogP contribution in [-0.2, 0) is 27.8 Å². The largest absolute Gasteiger partial charge is 0.497 e. The lowest BCUT2D eigenvalue weighted by Gasteiger charge is -2.59. The zero-order valence-corrected chi connectivity index (χ0v) is 21.3. The lowest BCUT2D eigenvalue weighted by molar-refractivity contribution is -0.165. The highest BCUT2D eigenvalue weighted by molar-refractivity contribution is 5.83. The molecule has 5 rings (SSSR count). The fraction of sp³-hybridized carbons (Fsp3) is 0.517. The third-order valence-electron chi connectivity index (χ3n) is 8.49. The first-order chi connectivity index (χ1) is 17.8. The summed E-state index contributed by atoms with van der Waals surface area (Å²) in [6.45, 7) is 2.46. The number of aliphatic hydroxyl groups excluding tert-OH is 2. The number of nitrogens with zero attached hydrogens (tertiary/aromatic N) is 1. The van der Waals surface area contributed by atoms with Gasteiger partial charge in [0.25, 0.3) is 0 Å². The van der Waals surface area contributed by atoms with Crippen LogP contribution >= 0.6 is 0 Å². The Morgan fingerprint density at radius 2 is 1.73 bits per heavy atom. The summed E-state index contributed by atoms with van der Waals surface area (Å²) in [5.74, 6) is -1.67. The van der Waals surface area contributed by atoms with Gasteiger partial charge < -0.3 is 25.2 Å². The van der Waals surface area contributed by atoms with Crippen LogP contribution in [-0.4, -0.2) is 75.7 Å². The van der Waals surface area contributed by atoms with E-state index < -0.39 is 24.1 Å². The monoisotopic (exact) mass is 511 g/mol. The molecule has 2 bridgehead atoms. The van der Waals surface area contributed by atoms with Crippen LogP contribution < -0.4 is 4.74 Å². The number of likely N-dealkylation sites (tertiary alicyclic amines) is 1. The van der Waals surface area contributed by atoms with Crippen LogP contribution in [0.3, 0.4) is 0 Å². The Morgan fingerprint density at radius 3 is 2.38 bits per heavy atom. The molecule has 200 valence electrons. The topological polar surface area (TPSA) is 128 Å². The molecule has 0 aromatic heterocycles. The van der Waals surface area contributed by atoms with Gasteiger partial charge in [0.05, 0.1) is 7.11 Å². The maximum atomic E-state index is 9.77. The molecule has 1 heterocycles. The summed E-state index contributed by atoms with van der Waals surface area (Å²) in [4.78, 5) is 22.4.